The molecule has 0 bridgehead atoms. The quantitative estimate of drug-likeness (QED) is 0.860. The van der Waals surface area contributed by atoms with Crippen LogP contribution in [0.25, 0.3) is 0 Å². The first-order chi connectivity index (χ1) is 8.49. The number of benzene rings is 1. The average molecular weight is 332 g/mol. The standard InChI is InChI=1S/C13H16BrClN2O/c1-8-4-5-17(7-12(8)16)13(18)9-2-3-11(15)10(14)6-9/h2-3,6,8,12H,4-5,7,16H2,1H3. The minimum atomic E-state index is 0.0229. The first kappa shape index (κ1) is 13.8. The Labute approximate surface area is 120 Å². The molecule has 2 rings (SSSR count). The van der Waals surface area contributed by atoms with Crippen molar-refractivity contribution < 1.29 is 4.79 Å². The van der Waals surface area contributed by atoms with E-state index in [1.54, 1.807) is 18.2 Å². The zero-order valence-corrected chi connectivity index (χ0v) is 12.5. The van der Waals surface area contributed by atoms with Gasteiger partial charge in [0.1, 0.15) is 0 Å². The molecular weight excluding hydrogens is 316 g/mol. The molecular formula is C13H16BrClN2O. The number of hydrogen-bond donors (Lipinski definition) is 1. The van der Waals surface area contributed by atoms with Crippen LogP contribution in [-0.4, -0.2) is 29.9 Å². The number of likely N-dealkylation sites (tertiary alicyclic amines) is 1. The number of carbonyl (C=O) groups excluding carboxylic acids is 1. The lowest BCUT2D eigenvalue weighted by atomic mass is 9.94. The summed E-state index contributed by atoms with van der Waals surface area (Å²) in [4.78, 5) is 14.1. The third-order valence-corrected chi connectivity index (χ3v) is 4.68. The zero-order valence-electron chi connectivity index (χ0n) is 10.2. The fourth-order valence-electron chi connectivity index (χ4n) is 2.10. The van der Waals surface area contributed by atoms with Crippen LogP contribution in [0.5, 0.6) is 0 Å². The predicted octanol–water partition coefficient (Wildman–Crippen LogP) is 2.91. The number of nitrogens with two attached hydrogens (primary N) is 1. The number of hydrogen-bond acceptors (Lipinski definition) is 2. The molecule has 1 aromatic rings. The fourth-order valence-corrected chi connectivity index (χ4v) is 2.59. The minimum absolute atomic E-state index is 0.0229. The minimum Gasteiger partial charge on any atom is -0.337 e. The summed E-state index contributed by atoms with van der Waals surface area (Å²) in [6.07, 6.45) is 0.960. The average Bonchev–Trinajstić information content (AvgIpc) is 2.35. The van der Waals surface area contributed by atoms with E-state index in [1.807, 2.05) is 4.90 Å². The van der Waals surface area contributed by atoms with Crippen LogP contribution < -0.4 is 5.73 Å². The third kappa shape index (κ3) is 2.87. The van der Waals surface area contributed by atoms with Gasteiger partial charge in [0, 0.05) is 29.2 Å². The van der Waals surface area contributed by atoms with Gasteiger partial charge in [-0.05, 0) is 46.5 Å². The van der Waals surface area contributed by atoms with Crippen molar-refractivity contribution in [2.45, 2.75) is 19.4 Å². The van der Waals surface area contributed by atoms with Crippen molar-refractivity contribution in [2.24, 2.45) is 11.7 Å². The Morgan fingerprint density at radius 3 is 2.89 bits per heavy atom. The predicted molar refractivity (Wildman–Crippen MR) is 76.8 cm³/mol. The normalized spacial score (nSPS) is 24.1. The van der Waals surface area contributed by atoms with Crippen LogP contribution >= 0.6 is 27.5 Å². The molecule has 1 aliphatic rings. The highest BCUT2D eigenvalue weighted by Gasteiger charge is 2.27. The molecule has 0 spiro atoms. The van der Waals surface area contributed by atoms with Gasteiger partial charge in [0.25, 0.3) is 5.91 Å². The van der Waals surface area contributed by atoms with Crippen molar-refractivity contribution in [1.29, 1.82) is 0 Å². The monoisotopic (exact) mass is 330 g/mol. The Kier molecular flexibility index (Phi) is 4.30. The van der Waals surface area contributed by atoms with E-state index in [2.05, 4.69) is 22.9 Å². The number of rotatable bonds is 1. The van der Waals surface area contributed by atoms with Crippen LogP contribution in [0.3, 0.4) is 0 Å². The molecule has 2 unspecified atom stereocenters. The molecule has 98 valence electrons. The van der Waals surface area contributed by atoms with Crippen molar-refractivity contribution >= 4 is 33.4 Å². The van der Waals surface area contributed by atoms with Gasteiger partial charge in [-0.1, -0.05) is 18.5 Å². The molecule has 1 saturated heterocycles. The highest BCUT2D eigenvalue weighted by atomic mass is 79.9. The second-order valence-electron chi connectivity index (χ2n) is 4.81. The molecule has 2 N–H and O–H groups in total. The van der Waals surface area contributed by atoms with Crippen LogP contribution in [-0.2, 0) is 0 Å². The van der Waals surface area contributed by atoms with E-state index < -0.39 is 0 Å². The van der Waals surface area contributed by atoms with E-state index in [0.717, 1.165) is 17.4 Å². The van der Waals surface area contributed by atoms with E-state index in [0.29, 0.717) is 23.0 Å². The summed E-state index contributed by atoms with van der Waals surface area (Å²) >= 11 is 9.25. The summed E-state index contributed by atoms with van der Waals surface area (Å²) in [5.41, 5.74) is 6.66. The van der Waals surface area contributed by atoms with Gasteiger partial charge in [0.15, 0.2) is 0 Å². The summed E-state index contributed by atoms with van der Waals surface area (Å²) in [5.74, 6) is 0.501. The molecule has 1 fully saturated rings. The third-order valence-electron chi connectivity index (χ3n) is 3.47. The number of halogens is 2. The first-order valence-corrected chi connectivity index (χ1v) is 7.16. The maximum Gasteiger partial charge on any atom is 0.253 e. The van der Waals surface area contributed by atoms with Crippen molar-refractivity contribution in [3.8, 4) is 0 Å². The summed E-state index contributed by atoms with van der Waals surface area (Å²) in [6, 6.07) is 5.30. The Bertz CT molecular complexity index is 466. The molecule has 3 nitrogen and oxygen atoms in total. The van der Waals surface area contributed by atoms with Crippen molar-refractivity contribution in [3.63, 3.8) is 0 Å². The Balaban J connectivity index is 2.14. The highest BCUT2D eigenvalue weighted by Crippen LogP contribution is 2.25. The fraction of sp³-hybridized carbons (Fsp3) is 0.462. The number of carbonyl (C=O) groups is 1. The molecule has 1 aliphatic heterocycles. The summed E-state index contributed by atoms with van der Waals surface area (Å²) < 4.78 is 0.740. The number of nitrogens with zero attached hydrogens (tertiary/aromatic N) is 1. The molecule has 0 aromatic heterocycles. The van der Waals surface area contributed by atoms with E-state index in [-0.39, 0.29) is 11.9 Å². The largest absolute Gasteiger partial charge is 0.337 e. The van der Waals surface area contributed by atoms with Crippen molar-refractivity contribution in [3.05, 3.63) is 33.3 Å². The Morgan fingerprint density at radius 2 is 2.28 bits per heavy atom. The van der Waals surface area contributed by atoms with Crippen LogP contribution in [0.15, 0.2) is 22.7 Å². The van der Waals surface area contributed by atoms with Crippen LogP contribution in [0.4, 0.5) is 0 Å². The van der Waals surface area contributed by atoms with Gasteiger partial charge in [0.05, 0.1) is 5.02 Å². The van der Waals surface area contributed by atoms with Gasteiger partial charge >= 0.3 is 0 Å². The summed E-state index contributed by atoms with van der Waals surface area (Å²) in [5, 5.41) is 0.607. The lowest BCUT2D eigenvalue weighted by Crippen LogP contribution is -2.49. The summed E-state index contributed by atoms with van der Waals surface area (Å²) in [7, 11) is 0. The van der Waals surface area contributed by atoms with Crippen LogP contribution in [0.2, 0.25) is 5.02 Å². The zero-order chi connectivity index (χ0) is 13.3. The number of piperidine rings is 1. The molecule has 0 saturated carbocycles. The van der Waals surface area contributed by atoms with Gasteiger partial charge in [-0.25, -0.2) is 0 Å². The maximum absolute atomic E-state index is 12.3. The molecule has 1 heterocycles. The van der Waals surface area contributed by atoms with Crippen molar-refractivity contribution in [2.75, 3.05) is 13.1 Å². The van der Waals surface area contributed by atoms with Crippen LogP contribution in [0, 0.1) is 5.92 Å². The topological polar surface area (TPSA) is 46.3 Å². The van der Waals surface area contributed by atoms with E-state index in [9.17, 15) is 4.79 Å². The van der Waals surface area contributed by atoms with Crippen LogP contribution in [0.1, 0.15) is 23.7 Å². The van der Waals surface area contributed by atoms with E-state index >= 15 is 0 Å². The Morgan fingerprint density at radius 1 is 1.56 bits per heavy atom. The Hall–Kier alpha value is -0.580. The molecule has 1 aromatic carbocycles. The second-order valence-corrected chi connectivity index (χ2v) is 6.07. The van der Waals surface area contributed by atoms with Gasteiger partial charge in [-0.15, -0.1) is 0 Å². The SMILES string of the molecule is CC1CCN(C(=O)c2ccc(Cl)c(Br)c2)CC1N. The van der Waals surface area contributed by atoms with Gasteiger partial charge < -0.3 is 10.6 Å². The highest BCUT2D eigenvalue weighted by molar-refractivity contribution is 9.10. The number of amides is 1. The summed E-state index contributed by atoms with van der Waals surface area (Å²) in [6.45, 7) is 3.53. The molecule has 18 heavy (non-hydrogen) atoms. The van der Waals surface area contributed by atoms with E-state index in [1.165, 1.54) is 0 Å². The second kappa shape index (κ2) is 5.59. The first-order valence-electron chi connectivity index (χ1n) is 5.99. The van der Waals surface area contributed by atoms with Gasteiger partial charge in [-0.2, -0.15) is 0 Å². The van der Waals surface area contributed by atoms with E-state index in [4.69, 9.17) is 17.3 Å². The molecule has 1 amide bonds. The lowest BCUT2D eigenvalue weighted by molar-refractivity contribution is 0.0672. The van der Waals surface area contributed by atoms with Crippen molar-refractivity contribution in [1.82, 2.24) is 4.90 Å². The van der Waals surface area contributed by atoms with Gasteiger partial charge in [0.2, 0.25) is 0 Å². The smallest absolute Gasteiger partial charge is 0.253 e. The maximum atomic E-state index is 12.3. The molecule has 5 heteroatoms. The molecule has 0 radical (unpaired) electrons. The lowest BCUT2D eigenvalue weighted by Gasteiger charge is -2.35. The van der Waals surface area contributed by atoms with Gasteiger partial charge in [-0.3, -0.25) is 4.79 Å². The molecule has 0 aliphatic carbocycles. The molecule has 2 atom stereocenters.